The van der Waals surface area contributed by atoms with Crippen LogP contribution in [0.5, 0.6) is 0 Å². The molecular formula is C5H10NP. The van der Waals surface area contributed by atoms with Gasteiger partial charge in [0.25, 0.3) is 0 Å². The van der Waals surface area contributed by atoms with Crippen molar-refractivity contribution in [2.75, 3.05) is 6.54 Å². The maximum Gasteiger partial charge on any atom is 0.0608 e. The SMILES string of the molecule is CC/C=C1/CN1P. The average molecular weight is 115 g/mol. The molecule has 0 aliphatic carbocycles. The second-order valence-corrected chi connectivity index (χ2v) is 2.35. The summed E-state index contributed by atoms with van der Waals surface area (Å²) >= 11 is 0. The molecule has 0 N–H and O–H groups in total. The Morgan fingerprint density at radius 1 is 2.00 bits per heavy atom. The lowest BCUT2D eigenvalue weighted by atomic mass is 10.4. The van der Waals surface area contributed by atoms with Crippen LogP contribution < -0.4 is 0 Å². The molecule has 1 saturated heterocycles. The Morgan fingerprint density at radius 3 is 2.71 bits per heavy atom. The van der Waals surface area contributed by atoms with Gasteiger partial charge in [0, 0.05) is 5.70 Å². The van der Waals surface area contributed by atoms with E-state index in [1.54, 1.807) is 0 Å². The molecule has 2 heteroatoms. The molecular weight excluding hydrogens is 105 g/mol. The normalized spacial score (nSPS) is 23.7. The summed E-state index contributed by atoms with van der Waals surface area (Å²) in [6, 6.07) is 0. The second-order valence-electron chi connectivity index (χ2n) is 1.73. The van der Waals surface area contributed by atoms with Gasteiger partial charge in [-0.1, -0.05) is 13.0 Å². The molecule has 1 unspecified atom stereocenters. The number of allylic oxidation sites excluding steroid dienone is 1. The van der Waals surface area contributed by atoms with E-state index >= 15 is 0 Å². The van der Waals surface area contributed by atoms with Crippen LogP contribution in [0.3, 0.4) is 0 Å². The lowest BCUT2D eigenvalue weighted by Crippen LogP contribution is -1.60. The fourth-order valence-corrected chi connectivity index (χ4v) is 0.849. The summed E-state index contributed by atoms with van der Waals surface area (Å²) in [5.74, 6) is 0. The maximum absolute atomic E-state index is 2.65. The topological polar surface area (TPSA) is 3.01 Å². The quantitative estimate of drug-likeness (QED) is 0.368. The van der Waals surface area contributed by atoms with E-state index < -0.39 is 0 Å². The van der Waals surface area contributed by atoms with Crippen LogP contribution in [0.1, 0.15) is 13.3 Å². The molecule has 0 bridgehead atoms. The van der Waals surface area contributed by atoms with Crippen molar-refractivity contribution in [3.05, 3.63) is 11.8 Å². The Bertz CT molecular complexity index is 98.3. The molecule has 1 aliphatic heterocycles. The molecule has 0 aromatic carbocycles. The number of rotatable bonds is 1. The fraction of sp³-hybridized carbons (Fsp3) is 0.600. The van der Waals surface area contributed by atoms with E-state index in [0.29, 0.717) is 0 Å². The Balaban J connectivity index is 2.30. The van der Waals surface area contributed by atoms with E-state index in [1.165, 1.54) is 18.7 Å². The first-order valence-corrected chi connectivity index (χ1v) is 3.07. The van der Waals surface area contributed by atoms with Crippen LogP contribution in [0.15, 0.2) is 11.8 Å². The summed E-state index contributed by atoms with van der Waals surface area (Å²) in [5.41, 5.74) is 1.47. The Labute approximate surface area is 46.6 Å². The van der Waals surface area contributed by atoms with E-state index in [4.69, 9.17) is 0 Å². The Morgan fingerprint density at radius 2 is 2.57 bits per heavy atom. The van der Waals surface area contributed by atoms with Gasteiger partial charge >= 0.3 is 0 Å². The molecule has 1 nitrogen and oxygen atoms in total. The fourth-order valence-electron chi connectivity index (χ4n) is 0.557. The Kier molecular flexibility index (Phi) is 1.34. The first-order valence-electron chi connectivity index (χ1n) is 2.56. The van der Waals surface area contributed by atoms with Gasteiger partial charge in [-0.2, -0.15) is 0 Å². The third kappa shape index (κ3) is 1.17. The number of hydrogen-bond donors (Lipinski definition) is 0. The van der Waals surface area contributed by atoms with Gasteiger partial charge in [-0.25, -0.2) is 0 Å². The van der Waals surface area contributed by atoms with Crippen molar-refractivity contribution in [3.8, 4) is 0 Å². The highest BCUT2D eigenvalue weighted by atomic mass is 31.0. The van der Waals surface area contributed by atoms with Gasteiger partial charge in [-0.3, -0.25) is 0 Å². The van der Waals surface area contributed by atoms with Crippen molar-refractivity contribution in [1.82, 2.24) is 4.67 Å². The highest BCUT2D eigenvalue weighted by Crippen LogP contribution is 2.26. The smallest absolute Gasteiger partial charge is 0.0608 e. The molecule has 1 aliphatic rings. The molecule has 1 fully saturated rings. The largest absolute Gasteiger partial charge is 0.352 e. The summed E-state index contributed by atoms with van der Waals surface area (Å²) in [5, 5.41) is 0. The van der Waals surface area contributed by atoms with E-state index in [0.717, 1.165) is 0 Å². The third-order valence-corrected chi connectivity index (χ3v) is 1.55. The molecule has 1 atom stereocenters. The van der Waals surface area contributed by atoms with Crippen LogP contribution in [0.2, 0.25) is 0 Å². The van der Waals surface area contributed by atoms with Crippen LogP contribution in [0.25, 0.3) is 0 Å². The summed E-state index contributed by atoms with van der Waals surface area (Å²) in [4.78, 5) is 0. The van der Waals surface area contributed by atoms with E-state index in [2.05, 4.69) is 27.1 Å². The lowest BCUT2D eigenvalue weighted by molar-refractivity contribution is 0.987. The van der Waals surface area contributed by atoms with Crippen LogP contribution in [-0.2, 0) is 0 Å². The van der Waals surface area contributed by atoms with Crippen molar-refractivity contribution >= 4 is 9.39 Å². The van der Waals surface area contributed by atoms with Gasteiger partial charge in [0.2, 0.25) is 0 Å². The predicted molar refractivity (Wildman–Crippen MR) is 34.8 cm³/mol. The van der Waals surface area contributed by atoms with Crippen molar-refractivity contribution in [2.45, 2.75) is 13.3 Å². The maximum atomic E-state index is 2.65. The molecule has 1 heterocycles. The van der Waals surface area contributed by atoms with Gasteiger partial charge in [-0.15, -0.1) is 0 Å². The minimum absolute atomic E-state index is 1.17. The minimum atomic E-state index is 1.17. The van der Waals surface area contributed by atoms with Crippen molar-refractivity contribution in [3.63, 3.8) is 0 Å². The Hall–Kier alpha value is -0.0300. The van der Waals surface area contributed by atoms with E-state index in [1.807, 2.05) is 0 Å². The first-order chi connectivity index (χ1) is 3.34. The standard InChI is InChI=1S/C5H10NP/c1-2-3-5-4-6(5)7/h3H,2,4,7H2,1H3/b5-3-. The van der Waals surface area contributed by atoms with Gasteiger partial charge in [0.1, 0.15) is 0 Å². The zero-order valence-corrected chi connectivity index (χ0v) is 5.67. The zero-order chi connectivity index (χ0) is 5.28. The monoisotopic (exact) mass is 115 g/mol. The van der Waals surface area contributed by atoms with Crippen molar-refractivity contribution in [1.29, 1.82) is 0 Å². The highest BCUT2D eigenvalue weighted by molar-refractivity contribution is 7.14. The summed E-state index contributed by atoms with van der Waals surface area (Å²) in [6.45, 7) is 3.32. The van der Waals surface area contributed by atoms with E-state index in [9.17, 15) is 0 Å². The average Bonchev–Trinajstić information content (AvgIpc) is 2.22. The first kappa shape index (κ1) is 5.11. The molecule has 0 aromatic heterocycles. The molecule has 0 aromatic rings. The van der Waals surface area contributed by atoms with Gasteiger partial charge in [0.05, 0.1) is 6.54 Å². The molecule has 0 spiro atoms. The molecule has 40 valence electrons. The van der Waals surface area contributed by atoms with Gasteiger partial charge < -0.3 is 4.67 Å². The molecule has 1 rings (SSSR count). The summed E-state index contributed by atoms with van der Waals surface area (Å²) in [6.07, 6.45) is 3.41. The van der Waals surface area contributed by atoms with Gasteiger partial charge in [-0.05, 0) is 15.8 Å². The molecule has 0 saturated carbocycles. The van der Waals surface area contributed by atoms with Crippen LogP contribution in [0.4, 0.5) is 0 Å². The summed E-state index contributed by atoms with van der Waals surface area (Å²) in [7, 11) is 2.65. The van der Waals surface area contributed by atoms with Crippen molar-refractivity contribution in [2.24, 2.45) is 0 Å². The number of hydrogen-bond acceptors (Lipinski definition) is 1. The second kappa shape index (κ2) is 1.83. The molecule has 7 heavy (non-hydrogen) atoms. The van der Waals surface area contributed by atoms with Crippen molar-refractivity contribution < 1.29 is 0 Å². The summed E-state index contributed by atoms with van der Waals surface area (Å²) < 4.78 is 2.16. The predicted octanol–water partition coefficient (Wildman–Crippen LogP) is 1.39. The van der Waals surface area contributed by atoms with E-state index in [-0.39, 0.29) is 0 Å². The van der Waals surface area contributed by atoms with Gasteiger partial charge in [0.15, 0.2) is 0 Å². The lowest BCUT2D eigenvalue weighted by Gasteiger charge is -1.78. The third-order valence-electron chi connectivity index (χ3n) is 1.04. The molecule has 0 amide bonds. The van der Waals surface area contributed by atoms with Crippen LogP contribution in [-0.4, -0.2) is 11.2 Å². The number of nitrogens with zero attached hydrogens (tertiary/aromatic N) is 1. The highest BCUT2D eigenvalue weighted by Gasteiger charge is 2.17. The minimum Gasteiger partial charge on any atom is -0.352 e. The zero-order valence-electron chi connectivity index (χ0n) is 4.52. The van der Waals surface area contributed by atoms with Crippen LogP contribution >= 0.6 is 9.39 Å². The molecule has 0 radical (unpaired) electrons. The van der Waals surface area contributed by atoms with Crippen LogP contribution in [0, 0.1) is 0 Å².